The SMILES string of the molecule is COC(=O)c1c(OC)c2c(c(OC)c1C(=O)OC)C(C(C)C)(C(C)C)C2(C(C)C)C(C)C. The van der Waals surface area contributed by atoms with Crippen molar-refractivity contribution in [3.63, 3.8) is 0 Å². The highest BCUT2D eigenvalue weighted by Gasteiger charge is 2.71. The van der Waals surface area contributed by atoms with E-state index in [4.69, 9.17) is 18.9 Å². The minimum Gasteiger partial charge on any atom is -0.495 e. The van der Waals surface area contributed by atoms with Crippen LogP contribution in [0.2, 0.25) is 0 Å². The second-order valence-electron chi connectivity index (χ2n) is 9.91. The van der Waals surface area contributed by atoms with Crippen LogP contribution in [0, 0.1) is 23.7 Å². The molecule has 0 radical (unpaired) electrons. The second-order valence-corrected chi connectivity index (χ2v) is 9.91. The number of hydrogen-bond donors (Lipinski definition) is 0. The van der Waals surface area contributed by atoms with E-state index in [1.165, 1.54) is 28.4 Å². The maximum atomic E-state index is 13.0. The quantitative estimate of drug-likeness (QED) is 0.497. The molecule has 0 aromatic heterocycles. The molecule has 1 aromatic carbocycles. The Morgan fingerprint density at radius 1 is 0.562 bits per heavy atom. The number of fused-ring (bicyclic) bond motifs is 1. The first kappa shape index (κ1) is 26.0. The normalized spacial score (nSPS) is 16.1. The Labute approximate surface area is 193 Å². The molecule has 0 saturated carbocycles. The van der Waals surface area contributed by atoms with Crippen LogP contribution in [0.1, 0.15) is 87.2 Å². The molecule has 0 N–H and O–H groups in total. The number of methoxy groups -OCH3 is 4. The van der Waals surface area contributed by atoms with E-state index >= 15 is 0 Å². The van der Waals surface area contributed by atoms with E-state index < -0.39 is 11.9 Å². The standard InChI is InChI=1S/C26H40O6/c1-13(2)25(14(3)4)19-20(26(25,15(5)6)16(7)8)22(30-10)18(24(28)32-12)17(21(19)29-9)23(27)31-11/h13-16H,1-12H3. The molecule has 0 aliphatic heterocycles. The summed E-state index contributed by atoms with van der Waals surface area (Å²) in [4.78, 5) is 26.0. The van der Waals surface area contributed by atoms with Crippen molar-refractivity contribution in [1.82, 2.24) is 0 Å². The Morgan fingerprint density at radius 3 is 0.969 bits per heavy atom. The summed E-state index contributed by atoms with van der Waals surface area (Å²) in [5, 5.41) is 0. The summed E-state index contributed by atoms with van der Waals surface area (Å²) in [5.74, 6) is 0.369. The number of ether oxygens (including phenoxy) is 4. The van der Waals surface area contributed by atoms with Crippen molar-refractivity contribution in [2.45, 2.75) is 66.2 Å². The maximum Gasteiger partial charge on any atom is 0.342 e. The summed E-state index contributed by atoms with van der Waals surface area (Å²) in [6, 6.07) is 0. The number of benzene rings is 1. The van der Waals surface area contributed by atoms with Gasteiger partial charge in [-0.3, -0.25) is 0 Å². The van der Waals surface area contributed by atoms with Crippen LogP contribution in [-0.2, 0) is 20.3 Å². The van der Waals surface area contributed by atoms with E-state index in [0.717, 1.165) is 11.1 Å². The van der Waals surface area contributed by atoms with E-state index in [1.807, 2.05) is 0 Å². The predicted octanol–water partition coefficient (Wildman–Crippen LogP) is 5.39. The van der Waals surface area contributed by atoms with Gasteiger partial charge in [-0.2, -0.15) is 0 Å². The van der Waals surface area contributed by atoms with Crippen LogP contribution < -0.4 is 9.47 Å². The van der Waals surface area contributed by atoms with E-state index in [-0.39, 0.29) is 45.6 Å². The summed E-state index contributed by atoms with van der Waals surface area (Å²) in [5.41, 5.74) is 1.37. The molecule has 1 aliphatic carbocycles. The Morgan fingerprint density at radius 2 is 0.812 bits per heavy atom. The molecule has 0 fully saturated rings. The van der Waals surface area contributed by atoms with Crippen LogP contribution in [0.5, 0.6) is 11.5 Å². The second kappa shape index (κ2) is 8.95. The number of rotatable bonds is 8. The molecular weight excluding hydrogens is 408 g/mol. The molecule has 1 aliphatic rings. The van der Waals surface area contributed by atoms with Gasteiger partial charge in [-0.25, -0.2) is 9.59 Å². The van der Waals surface area contributed by atoms with Crippen LogP contribution >= 0.6 is 0 Å². The third-order valence-electron chi connectivity index (χ3n) is 7.75. The first-order chi connectivity index (χ1) is 14.9. The highest BCUT2D eigenvalue weighted by Crippen LogP contribution is 2.74. The molecule has 0 spiro atoms. The third kappa shape index (κ3) is 2.90. The Bertz CT molecular complexity index is 805. The molecule has 0 amide bonds. The van der Waals surface area contributed by atoms with Gasteiger partial charge in [0.15, 0.2) is 0 Å². The Hall–Kier alpha value is -2.24. The molecule has 1 aromatic rings. The summed E-state index contributed by atoms with van der Waals surface area (Å²) in [6.07, 6.45) is 0. The van der Waals surface area contributed by atoms with E-state index in [1.54, 1.807) is 0 Å². The topological polar surface area (TPSA) is 71.1 Å². The molecule has 0 heterocycles. The van der Waals surface area contributed by atoms with Crippen molar-refractivity contribution >= 4 is 11.9 Å². The molecule has 180 valence electrons. The van der Waals surface area contributed by atoms with Gasteiger partial charge in [0, 0.05) is 22.0 Å². The van der Waals surface area contributed by atoms with Crippen LogP contribution in [0.15, 0.2) is 0 Å². The minimum absolute atomic E-state index is 0.0595. The fourth-order valence-electron chi connectivity index (χ4n) is 7.25. The van der Waals surface area contributed by atoms with Gasteiger partial charge in [-0.1, -0.05) is 55.4 Å². The summed E-state index contributed by atoms with van der Waals surface area (Å²) in [6.45, 7) is 17.8. The Balaban J connectivity index is 3.35. The lowest BCUT2D eigenvalue weighted by molar-refractivity contribution is -0.0275. The average molecular weight is 449 g/mol. The van der Waals surface area contributed by atoms with Crippen molar-refractivity contribution in [3.05, 3.63) is 22.3 Å². The van der Waals surface area contributed by atoms with Crippen molar-refractivity contribution in [1.29, 1.82) is 0 Å². The number of carbonyl (C=O) groups excluding carboxylic acids is 2. The molecule has 0 atom stereocenters. The van der Waals surface area contributed by atoms with Gasteiger partial charge < -0.3 is 18.9 Å². The zero-order valence-corrected chi connectivity index (χ0v) is 21.8. The maximum absolute atomic E-state index is 13.0. The van der Waals surface area contributed by atoms with Gasteiger partial charge in [0.2, 0.25) is 0 Å². The minimum atomic E-state index is -0.656. The first-order valence-corrected chi connectivity index (χ1v) is 11.4. The van der Waals surface area contributed by atoms with Crippen molar-refractivity contribution < 1.29 is 28.5 Å². The van der Waals surface area contributed by atoms with Gasteiger partial charge >= 0.3 is 11.9 Å². The lowest BCUT2D eigenvalue weighted by Gasteiger charge is -2.69. The molecule has 6 heteroatoms. The Kier molecular flexibility index (Phi) is 7.28. The van der Waals surface area contributed by atoms with E-state index in [9.17, 15) is 9.59 Å². The third-order valence-corrected chi connectivity index (χ3v) is 7.75. The van der Waals surface area contributed by atoms with Gasteiger partial charge in [0.05, 0.1) is 28.4 Å². The van der Waals surface area contributed by atoms with Crippen LogP contribution in [0.3, 0.4) is 0 Å². The molecule has 32 heavy (non-hydrogen) atoms. The molecular formula is C26H40O6. The first-order valence-electron chi connectivity index (χ1n) is 11.4. The molecule has 0 unspecified atom stereocenters. The highest BCUT2D eigenvalue weighted by atomic mass is 16.5. The van der Waals surface area contributed by atoms with Crippen LogP contribution in [0.25, 0.3) is 0 Å². The van der Waals surface area contributed by atoms with E-state index in [2.05, 4.69) is 55.4 Å². The number of esters is 2. The molecule has 6 nitrogen and oxygen atoms in total. The molecule has 2 rings (SSSR count). The monoisotopic (exact) mass is 448 g/mol. The van der Waals surface area contributed by atoms with E-state index in [0.29, 0.717) is 11.5 Å². The molecule has 0 bridgehead atoms. The highest BCUT2D eigenvalue weighted by molar-refractivity contribution is 6.09. The largest absolute Gasteiger partial charge is 0.495 e. The van der Waals surface area contributed by atoms with Gasteiger partial charge in [0.25, 0.3) is 0 Å². The van der Waals surface area contributed by atoms with Crippen molar-refractivity contribution in [3.8, 4) is 11.5 Å². The lowest BCUT2D eigenvalue weighted by atomic mass is 9.33. The number of hydrogen-bond acceptors (Lipinski definition) is 6. The van der Waals surface area contributed by atoms with Crippen molar-refractivity contribution in [2.24, 2.45) is 23.7 Å². The van der Waals surface area contributed by atoms with Gasteiger partial charge in [-0.15, -0.1) is 0 Å². The zero-order valence-electron chi connectivity index (χ0n) is 21.8. The van der Waals surface area contributed by atoms with Crippen LogP contribution in [-0.4, -0.2) is 40.4 Å². The van der Waals surface area contributed by atoms with Crippen LogP contribution in [0.4, 0.5) is 0 Å². The zero-order chi connectivity index (χ0) is 24.8. The smallest absolute Gasteiger partial charge is 0.342 e. The van der Waals surface area contributed by atoms with Crippen molar-refractivity contribution in [2.75, 3.05) is 28.4 Å². The molecule has 0 saturated heterocycles. The fraction of sp³-hybridized carbons (Fsp3) is 0.692. The number of carbonyl (C=O) groups is 2. The fourth-order valence-corrected chi connectivity index (χ4v) is 7.25. The average Bonchev–Trinajstić information content (AvgIpc) is 2.70. The lowest BCUT2D eigenvalue weighted by Crippen LogP contribution is -2.69. The summed E-state index contributed by atoms with van der Waals surface area (Å²) >= 11 is 0. The summed E-state index contributed by atoms with van der Waals surface area (Å²) < 4.78 is 22.0. The predicted molar refractivity (Wildman–Crippen MR) is 125 cm³/mol. The van der Waals surface area contributed by atoms with Gasteiger partial charge in [0.1, 0.15) is 22.6 Å². The van der Waals surface area contributed by atoms with Gasteiger partial charge in [-0.05, 0) is 23.7 Å². The summed E-state index contributed by atoms with van der Waals surface area (Å²) in [7, 11) is 5.65.